The highest BCUT2D eigenvalue weighted by molar-refractivity contribution is 7.99. The fourth-order valence-corrected chi connectivity index (χ4v) is 3.39. The van der Waals surface area contributed by atoms with Crippen molar-refractivity contribution in [1.29, 1.82) is 0 Å². The molecule has 0 aromatic rings. The second-order valence-electron chi connectivity index (χ2n) is 4.15. The van der Waals surface area contributed by atoms with Gasteiger partial charge in [-0.3, -0.25) is 0 Å². The monoisotopic (exact) mass is 225 g/mol. The van der Waals surface area contributed by atoms with E-state index in [-0.39, 0.29) is 0 Å². The van der Waals surface area contributed by atoms with Crippen molar-refractivity contribution in [2.75, 3.05) is 18.1 Å². The average molecular weight is 225 g/mol. The first kappa shape index (κ1) is 12.9. The summed E-state index contributed by atoms with van der Waals surface area (Å²) in [4.78, 5) is 0. The average Bonchev–Trinajstić information content (AvgIpc) is 2.76. The summed E-state index contributed by atoms with van der Waals surface area (Å²) >= 11 is 2.11. The van der Waals surface area contributed by atoms with E-state index in [2.05, 4.69) is 35.8 Å². The Morgan fingerprint density at radius 1 is 1.53 bits per heavy atom. The maximum atomic E-state index is 3.69. The number of hydrogen-bond acceptors (Lipinski definition) is 2. The lowest BCUT2D eigenvalue weighted by molar-refractivity contribution is 0.366. The summed E-state index contributed by atoms with van der Waals surface area (Å²) in [6.07, 6.45) is 4.91. The van der Waals surface area contributed by atoms with Crippen molar-refractivity contribution in [1.82, 2.24) is 5.32 Å². The van der Waals surface area contributed by atoms with Crippen LogP contribution in [-0.4, -0.2) is 24.1 Å². The molecule has 2 heteroatoms. The molecule has 1 fully saturated rings. The normalized spacial score (nSPS) is 22.1. The van der Waals surface area contributed by atoms with Gasteiger partial charge >= 0.3 is 0 Å². The number of rotatable bonds is 6. The maximum Gasteiger partial charge on any atom is 0.0113 e. The Labute approximate surface area is 98.8 Å². The van der Waals surface area contributed by atoms with E-state index in [9.17, 15) is 0 Å². The van der Waals surface area contributed by atoms with Gasteiger partial charge in [-0.25, -0.2) is 0 Å². The summed E-state index contributed by atoms with van der Waals surface area (Å²) in [5.41, 5.74) is 0. The smallest absolute Gasteiger partial charge is 0.0113 e. The molecule has 0 bridgehead atoms. The van der Waals surface area contributed by atoms with E-state index in [4.69, 9.17) is 0 Å². The van der Waals surface area contributed by atoms with Crippen molar-refractivity contribution in [2.24, 2.45) is 5.92 Å². The van der Waals surface area contributed by atoms with Gasteiger partial charge in [-0.05, 0) is 50.2 Å². The van der Waals surface area contributed by atoms with Crippen molar-refractivity contribution in [2.45, 2.75) is 45.6 Å². The number of nitrogens with one attached hydrogen (secondary N) is 1. The van der Waals surface area contributed by atoms with Gasteiger partial charge in [-0.2, -0.15) is 11.8 Å². The fourth-order valence-electron chi connectivity index (χ4n) is 2.06. The number of hydrogen-bond donors (Lipinski definition) is 1. The molecule has 1 N–H and O–H groups in total. The van der Waals surface area contributed by atoms with Crippen LogP contribution in [0.1, 0.15) is 39.5 Å². The molecular weight excluding hydrogens is 202 g/mol. The van der Waals surface area contributed by atoms with Gasteiger partial charge in [0, 0.05) is 12.5 Å². The van der Waals surface area contributed by atoms with Gasteiger partial charge in [-0.1, -0.05) is 6.92 Å². The van der Waals surface area contributed by atoms with Crippen LogP contribution in [0, 0.1) is 17.8 Å². The van der Waals surface area contributed by atoms with E-state index >= 15 is 0 Å². The Morgan fingerprint density at radius 3 is 3.00 bits per heavy atom. The van der Waals surface area contributed by atoms with Gasteiger partial charge in [0.2, 0.25) is 0 Å². The molecule has 1 aliphatic heterocycles. The lowest BCUT2D eigenvalue weighted by Gasteiger charge is -2.23. The molecule has 15 heavy (non-hydrogen) atoms. The second-order valence-corrected chi connectivity index (χ2v) is 5.30. The minimum absolute atomic E-state index is 0.709. The van der Waals surface area contributed by atoms with Crippen LogP contribution in [0.15, 0.2) is 0 Å². The SMILES string of the molecule is CC#CCCC(NCCC)C1CCSC1. The third-order valence-corrected chi connectivity index (χ3v) is 4.14. The zero-order valence-electron chi connectivity index (χ0n) is 10.0. The van der Waals surface area contributed by atoms with E-state index in [0.29, 0.717) is 6.04 Å². The van der Waals surface area contributed by atoms with Crippen molar-refractivity contribution in [3.63, 3.8) is 0 Å². The molecule has 1 rings (SSSR count). The first-order valence-electron chi connectivity index (χ1n) is 6.09. The van der Waals surface area contributed by atoms with Gasteiger partial charge < -0.3 is 5.32 Å². The van der Waals surface area contributed by atoms with Crippen LogP contribution >= 0.6 is 11.8 Å². The second kappa shape index (κ2) is 8.07. The highest BCUT2D eigenvalue weighted by atomic mass is 32.2. The third-order valence-electron chi connectivity index (χ3n) is 2.95. The van der Waals surface area contributed by atoms with E-state index in [1.807, 2.05) is 6.92 Å². The standard InChI is InChI=1S/C13H23NS/c1-3-5-6-7-13(14-9-4-2)12-8-10-15-11-12/h12-14H,4,6-11H2,1-2H3. The molecule has 86 valence electrons. The molecule has 1 aliphatic rings. The van der Waals surface area contributed by atoms with Crippen LogP contribution in [0.4, 0.5) is 0 Å². The molecule has 1 saturated heterocycles. The summed E-state index contributed by atoms with van der Waals surface area (Å²) in [5, 5.41) is 3.69. The van der Waals surface area contributed by atoms with Crippen molar-refractivity contribution in [3.05, 3.63) is 0 Å². The molecule has 0 aromatic carbocycles. The Kier molecular flexibility index (Phi) is 6.96. The molecule has 1 nitrogen and oxygen atoms in total. The highest BCUT2D eigenvalue weighted by Crippen LogP contribution is 2.27. The molecule has 0 radical (unpaired) electrons. The molecule has 1 heterocycles. The van der Waals surface area contributed by atoms with Gasteiger partial charge in [0.1, 0.15) is 0 Å². The van der Waals surface area contributed by atoms with Crippen LogP contribution in [0.3, 0.4) is 0 Å². The largest absolute Gasteiger partial charge is 0.314 e. The van der Waals surface area contributed by atoms with E-state index in [1.165, 1.54) is 30.8 Å². The van der Waals surface area contributed by atoms with Gasteiger partial charge in [0.25, 0.3) is 0 Å². The Hall–Kier alpha value is -0.130. The minimum Gasteiger partial charge on any atom is -0.314 e. The Morgan fingerprint density at radius 2 is 2.40 bits per heavy atom. The summed E-state index contributed by atoms with van der Waals surface area (Å²) in [6, 6.07) is 0.709. The zero-order valence-corrected chi connectivity index (χ0v) is 10.8. The minimum atomic E-state index is 0.709. The molecule has 2 atom stereocenters. The number of thioether (sulfide) groups is 1. The van der Waals surface area contributed by atoms with Crippen LogP contribution in [-0.2, 0) is 0 Å². The lowest BCUT2D eigenvalue weighted by atomic mass is 9.95. The van der Waals surface area contributed by atoms with Gasteiger partial charge in [0.15, 0.2) is 0 Å². The van der Waals surface area contributed by atoms with Crippen molar-refractivity contribution in [3.8, 4) is 11.8 Å². The zero-order chi connectivity index (χ0) is 10.9. The summed E-state index contributed by atoms with van der Waals surface area (Å²) in [6.45, 7) is 5.32. The first-order chi connectivity index (χ1) is 7.38. The van der Waals surface area contributed by atoms with E-state index < -0.39 is 0 Å². The van der Waals surface area contributed by atoms with Gasteiger partial charge in [0.05, 0.1) is 0 Å². The van der Waals surface area contributed by atoms with E-state index in [1.54, 1.807) is 0 Å². The van der Waals surface area contributed by atoms with Gasteiger partial charge in [-0.15, -0.1) is 11.8 Å². The molecule has 0 aromatic heterocycles. The molecule has 0 aliphatic carbocycles. The predicted octanol–water partition coefficient (Wildman–Crippen LogP) is 2.91. The Balaban J connectivity index is 2.32. The summed E-state index contributed by atoms with van der Waals surface area (Å²) < 4.78 is 0. The van der Waals surface area contributed by atoms with Crippen molar-refractivity contribution >= 4 is 11.8 Å². The summed E-state index contributed by atoms with van der Waals surface area (Å²) in [7, 11) is 0. The van der Waals surface area contributed by atoms with Crippen LogP contribution in [0.2, 0.25) is 0 Å². The molecule has 0 saturated carbocycles. The first-order valence-corrected chi connectivity index (χ1v) is 7.24. The topological polar surface area (TPSA) is 12.0 Å². The Bertz CT molecular complexity index is 210. The molecular formula is C13H23NS. The third kappa shape index (κ3) is 4.95. The summed E-state index contributed by atoms with van der Waals surface area (Å²) in [5.74, 6) is 9.76. The highest BCUT2D eigenvalue weighted by Gasteiger charge is 2.24. The maximum absolute atomic E-state index is 3.69. The van der Waals surface area contributed by atoms with Crippen molar-refractivity contribution < 1.29 is 0 Å². The quantitative estimate of drug-likeness (QED) is 0.698. The van der Waals surface area contributed by atoms with Crippen LogP contribution in [0.5, 0.6) is 0 Å². The fraction of sp³-hybridized carbons (Fsp3) is 0.846. The molecule has 0 spiro atoms. The molecule has 2 unspecified atom stereocenters. The van der Waals surface area contributed by atoms with Crippen LogP contribution in [0.25, 0.3) is 0 Å². The molecule has 0 amide bonds. The predicted molar refractivity (Wildman–Crippen MR) is 70.2 cm³/mol. The lowest BCUT2D eigenvalue weighted by Crippen LogP contribution is -2.36. The van der Waals surface area contributed by atoms with Crippen LogP contribution < -0.4 is 5.32 Å². The van der Waals surface area contributed by atoms with E-state index in [0.717, 1.165) is 18.9 Å².